The molecule has 0 saturated carbocycles. The Kier molecular flexibility index (Phi) is 3.69. The normalized spacial score (nSPS) is 10.1. The van der Waals surface area contributed by atoms with Crippen molar-refractivity contribution in [3.8, 4) is 11.5 Å². The van der Waals surface area contributed by atoms with E-state index in [1.165, 1.54) is 25.3 Å². The summed E-state index contributed by atoms with van der Waals surface area (Å²) < 4.78 is 18.4. The number of aromatic nitrogens is 1. The molecule has 0 unspecified atom stereocenters. The molecule has 102 valence electrons. The van der Waals surface area contributed by atoms with Crippen molar-refractivity contribution in [3.05, 3.63) is 58.2 Å². The Hall–Kier alpha value is -2.83. The number of benzene rings is 1. The molecule has 20 heavy (non-hydrogen) atoms. The molecule has 1 heterocycles. The van der Waals surface area contributed by atoms with E-state index < -0.39 is 10.7 Å². The Balaban J connectivity index is 2.31. The lowest BCUT2D eigenvalue weighted by Gasteiger charge is -2.06. The molecular weight excluding hydrogens is 267 g/mol. The van der Waals surface area contributed by atoms with Gasteiger partial charge in [0, 0.05) is 19.1 Å². The van der Waals surface area contributed by atoms with Crippen molar-refractivity contribution in [1.29, 1.82) is 0 Å². The Bertz CT molecular complexity index is 671. The van der Waals surface area contributed by atoms with Crippen LogP contribution in [-0.2, 0) is 0 Å². The molecule has 0 aliphatic rings. The van der Waals surface area contributed by atoms with Crippen molar-refractivity contribution < 1.29 is 18.8 Å². The van der Waals surface area contributed by atoms with Crippen LogP contribution in [0.2, 0.25) is 0 Å². The van der Waals surface area contributed by atoms with Gasteiger partial charge in [-0.2, -0.15) is 0 Å². The van der Waals surface area contributed by atoms with E-state index in [1.54, 1.807) is 0 Å². The molecule has 1 aromatic heterocycles. The van der Waals surface area contributed by atoms with Gasteiger partial charge in [0.05, 0.1) is 11.1 Å². The minimum atomic E-state index is -0.674. The van der Waals surface area contributed by atoms with E-state index in [9.17, 15) is 19.3 Å². The minimum absolute atomic E-state index is 0.170. The molecule has 0 amide bonds. The third-order valence-electron chi connectivity index (χ3n) is 2.44. The van der Waals surface area contributed by atoms with E-state index in [1.807, 2.05) is 0 Å². The lowest BCUT2D eigenvalue weighted by Crippen LogP contribution is -1.97. The molecule has 2 aromatic rings. The van der Waals surface area contributed by atoms with Gasteiger partial charge in [-0.25, -0.2) is 9.37 Å². The topological polar surface area (TPSA) is 82.3 Å². The number of Topliss-reactive ketones (excluding diaryl/α,β-unsaturated/α-hetero) is 1. The SMILES string of the molecule is CC(=O)c1ccc(Oc2cc(F)ccc2[N+](=O)[O-])cn1. The van der Waals surface area contributed by atoms with Gasteiger partial charge in [0.1, 0.15) is 17.3 Å². The predicted molar refractivity (Wildman–Crippen MR) is 67.4 cm³/mol. The highest BCUT2D eigenvalue weighted by atomic mass is 19.1. The number of ketones is 1. The Labute approximate surface area is 113 Å². The standard InChI is InChI=1S/C13H9FN2O4/c1-8(17)11-4-3-10(7-15-11)20-13-6-9(14)2-5-12(13)16(18)19/h2-7H,1H3. The molecule has 6 nitrogen and oxygen atoms in total. The number of carbonyl (C=O) groups excluding carboxylic acids is 1. The van der Waals surface area contributed by atoms with Crippen LogP contribution in [0.3, 0.4) is 0 Å². The van der Waals surface area contributed by atoms with Crippen LogP contribution in [0.4, 0.5) is 10.1 Å². The van der Waals surface area contributed by atoms with Crippen LogP contribution in [0.15, 0.2) is 36.5 Å². The van der Waals surface area contributed by atoms with Crippen LogP contribution in [0.5, 0.6) is 11.5 Å². The number of hydrogen-bond donors (Lipinski definition) is 0. The molecule has 0 saturated heterocycles. The van der Waals surface area contributed by atoms with Gasteiger partial charge in [-0.05, 0) is 18.2 Å². The number of nitro benzene ring substituents is 1. The largest absolute Gasteiger partial charge is 0.448 e. The van der Waals surface area contributed by atoms with Crippen LogP contribution in [-0.4, -0.2) is 15.7 Å². The third-order valence-corrected chi connectivity index (χ3v) is 2.44. The minimum Gasteiger partial charge on any atom is -0.448 e. The molecule has 0 bridgehead atoms. The van der Waals surface area contributed by atoms with Crippen molar-refractivity contribution >= 4 is 11.5 Å². The smallest absolute Gasteiger partial charge is 0.311 e. The van der Waals surface area contributed by atoms with E-state index in [2.05, 4.69) is 4.98 Å². The zero-order valence-electron chi connectivity index (χ0n) is 10.4. The van der Waals surface area contributed by atoms with E-state index >= 15 is 0 Å². The van der Waals surface area contributed by atoms with Crippen molar-refractivity contribution in [2.24, 2.45) is 0 Å². The number of hydrogen-bond acceptors (Lipinski definition) is 5. The zero-order chi connectivity index (χ0) is 14.7. The fourth-order valence-electron chi connectivity index (χ4n) is 1.50. The summed E-state index contributed by atoms with van der Waals surface area (Å²) in [5.74, 6) is -0.928. The number of pyridine rings is 1. The van der Waals surface area contributed by atoms with Crippen molar-refractivity contribution in [3.63, 3.8) is 0 Å². The van der Waals surface area contributed by atoms with Gasteiger partial charge in [0.15, 0.2) is 5.78 Å². The third kappa shape index (κ3) is 2.94. The van der Waals surface area contributed by atoms with E-state index in [0.29, 0.717) is 0 Å². The van der Waals surface area contributed by atoms with Crippen LogP contribution < -0.4 is 4.74 Å². The summed E-state index contributed by atoms with van der Waals surface area (Å²) in [7, 11) is 0. The van der Waals surface area contributed by atoms with E-state index in [0.717, 1.165) is 18.2 Å². The van der Waals surface area contributed by atoms with Gasteiger partial charge >= 0.3 is 5.69 Å². The second-order valence-electron chi connectivity index (χ2n) is 3.91. The van der Waals surface area contributed by atoms with Crippen LogP contribution >= 0.6 is 0 Å². The molecule has 7 heteroatoms. The van der Waals surface area contributed by atoms with Crippen LogP contribution in [0, 0.1) is 15.9 Å². The van der Waals surface area contributed by atoms with Gasteiger partial charge in [0.2, 0.25) is 5.75 Å². The highest BCUT2D eigenvalue weighted by Crippen LogP contribution is 2.31. The van der Waals surface area contributed by atoms with Gasteiger partial charge in [-0.15, -0.1) is 0 Å². The molecule has 0 N–H and O–H groups in total. The zero-order valence-corrected chi connectivity index (χ0v) is 10.4. The van der Waals surface area contributed by atoms with Crippen molar-refractivity contribution in [2.75, 3.05) is 0 Å². The maximum atomic E-state index is 13.1. The fourth-order valence-corrected chi connectivity index (χ4v) is 1.50. The number of rotatable bonds is 4. The molecule has 0 spiro atoms. The second-order valence-corrected chi connectivity index (χ2v) is 3.91. The number of carbonyl (C=O) groups is 1. The summed E-state index contributed by atoms with van der Waals surface area (Å²) in [5, 5.41) is 10.8. The second kappa shape index (κ2) is 5.43. The molecule has 0 aliphatic carbocycles. The highest BCUT2D eigenvalue weighted by molar-refractivity contribution is 5.92. The maximum Gasteiger partial charge on any atom is 0.311 e. The molecule has 0 radical (unpaired) electrons. The molecule has 2 rings (SSSR count). The first-order chi connectivity index (χ1) is 9.47. The summed E-state index contributed by atoms with van der Waals surface area (Å²) in [5.41, 5.74) is -0.117. The average Bonchev–Trinajstić information content (AvgIpc) is 2.39. The molecular formula is C13H9FN2O4. The van der Waals surface area contributed by atoms with E-state index in [4.69, 9.17) is 4.74 Å². The number of nitrogens with zero attached hydrogens (tertiary/aromatic N) is 2. The van der Waals surface area contributed by atoms with Crippen LogP contribution in [0.25, 0.3) is 0 Å². The highest BCUT2D eigenvalue weighted by Gasteiger charge is 2.16. The summed E-state index contributed by atoms with van der Waals surface area (Å²) in [4.78, 5) is 25.0. The lowest BCUT2D eigenvalue weighted by molar-refractivity contribution is -0.385. The first-order valence-electron chi connectivity index (χ1n) is 5.56. The van der Waals surface area contributed by atoms with E-state index in [-0.39, 0.29) is 28.7 Å². The summed E-state index contributed by atoms with van der Waals surface area (Å²) in [6.45, 7) is 1.36. The number of nitro groups is 1. The average molecular weight is 276 g/mol. The number of halogens is 1. The maximum absolute atomic E-state index is 13.1. The Morgan fingerprint density at radius 3 is 2.65 bits per heavy atom. The summed E-state index contributed by atoms with van der Waals surface area (Å²) in [6.07, 6.45) is 1.24. The molecule has 0 atom stereocenters. The Morgan fingerprint density at radius 2 is 2.10 bits per heavy atom. The predicted octanol–water partition coefficient (Wildman–Crippen LogP) is 3.12. The summed E-state index contributed by atoms with van der Waals surface area (Å²) in [6, 6.07) is 5.75. The quantitative estimate of drug-likeness (QED) is 0.486. The fraction of sp³-hybridized carbons (Fsp3) is 0.0769. The van der Waals surface area contributed by atoms with Gasteiger partial charge in [-0.3, -0.25) is 14.9 Å². The van der Waals surface area contributed by atoms with Crippen LogP contribution in [0.1, 0.15) is 17.4 Å². The lowest BCUT2D eigenvalue weighted by atomic mass is 10.2. The van der Waals surface area contributed by atoms with Gasteiger partial charge < -0.3 is 4.74 Å². The number of ether oxygens (including phenoxy) is 1. The first kappa shape index (κ1) is 13.6. The summed E-state index contributed by atoms with van der Waals surface area (Å²) >= 11 is 0. The monoisotopic (exact) mass is 276 g/mol. The van der Waals surface area contributed by atoms with Crippen molar-refractivity contribution in [2.45, 2.75) is 6.92 Å². The molecule has 0 fully saturated rings. The molecule has 0 aliphatic heterocycles. The van der Waals surface area contributed by atoms with Gasteiger partial charge in [-0.1, -0.05) is 0 Å². The van der Waals surface area contributed by atoms with Crippen molar-refractivity contribution in [1.82, 2.24) is 4.98 Å². The Morgan fingerprint density at radius 1 is 1.35 bits per heavy atom. The first-order valence-corrected chi connectivity index (χ1v) is 5.56. The molecule has 1 aromatic carbocycles. The van der Waals surface area contributed by atoms with Gasteiger partial charge in [0.25, 0.3) is 0 Å².